The van der Waals surface area contributed by atoms with E-state index in [-0.39, 0.29) is 6.03 Å². The van der Waals surface area contributed by atoms with Gasteiger partial charge in [0.15, 0.2) is 6.61 Å². The first-order chi connectivity index (χ1) is 7.16. The van der Waals surface area contributed by atoms with Crippen LogP contribution in [0.2, 0.25) is 0 Å². The third kappa shape index (κ3) is 2.20. The number of hydrogen-bond acceptors (Lipinski definition) is 3. The van der Waals surface area contributed by atoms with Gasteiger partial charge in [-0.3, -0.25) is 4.84 Å². The Hall–Kier alpha value is -1.30. The van der Waals surface area contributed by atoms with E-state index in [0.717, 1.165) is 19.4 Å². The van der Waals surface area contributed by atoms with E-state index in [4.69, 9.17) is 5.11 Å². The molecule has 2 N–H and O–H groups in total. The molecule has 2 atom stereocenters. The van der Waals surface area contributed by atoms with Gasteiger partial charge in [-0.2, -0.15) is 0 Å². The van der Waals surface area contributed by atoms with E-state index in [1.165, 1.54) is 6.42 Å². The lowest BCUT2D eigenvalue weighted by atomic mass is 10.1. The van der Waals surface area contributed by atoms with Crippen molar-refractivity contribution in [2.24, 2.45) is 5.92 Å². The van der Waals surface area contributed by atoms with E-state index in [1.54, 1.807) is 4.90 Å². The van der Waals surface area contributed by atoms with E-state index >= 15 is 0 Å². The van der Waals surface area contributed by atoms with Crippen molar-refractivity contribution in [1.29, 1.82) is 0 Å². The molecule has 0 radical (unpaired) electrons. The van der Waals surface area contributed by atoms with Crippen molar-refractivity contribution in [2.75, 3.05) is 13.2 Å². The zero-order valence-electron chi connectivity index (χ0n) is 8.31. The fourth-order valence-corrected chi connectivity index (χ4v) is 2.39. The van der Waals surface area contributed by atoms with Gasteiger partial charge in [0.2, 0.25) is 0 Å². The van der Waals surface area contributed by atoms with Gasteiger partial charge in [-0.05, 0) is 25.2 Å². The monoisotopic (exact) mass is 214 g/mol. The predicted octanol–water partition coefficient (Wildman–Crippen LogP) is 0.196. The molecule has 15 heavy (non-hydrogen) atoms. The Morgan fingerprint density at radius 2 is 2.27 bits per heavy atom. The first-order valence-corrected chi connectivity index (χ1v) is 5.07. The highest BCUT2D eigenvalue weighted by molar-refractivity contribution is 5.74. The summed E-state index contributed by atoms with van der Waals surface area (Å²) in [6.45, 7) is 0.264. The minimum absolute atomic E-state index is 0.316. The summed E-state index contributed by atoms with van der Waals surface area (Å²) in [7, 11) is 0. The zero-order valence-corrected chi connectivity index (χ0v) is 8.31. The number of hydrogen-bond donors (Lipinski definition) is 2. The van der Waals surface area contributed by atoms with Crippen molar-refractivity contribution < 1.29 is 19.5 Å². The minimum atomic E-state index is -1.10. The van der Waals surface area contributed by atoms with Crippen molar-refractivity contribution >= 4 is 12.0 Å². The molecule has 2 fully saturated rings. The lowest BCUT2D eigenvalue weighted by Crippen LogP contribution is -2.44. The number of nitrogens with zero attached hydrogens (tertiary/aromatic N) is 1. The molecular formula is C9H14N2O4. The average molecular weight is 214 g/mol. The van der Waals surface area contributed by atoms with Crippen molar-refractivity contribution in [1.82, 2.24) is 10.4 Å². The van der Waals surface area contributed by atoms with Crippen LogP contribution in [0.15, 0.2) is 0 Å². The molecule has 1 aliphatic heterocycles. The highest BCUT2D eigenvalue weighted by Gasteiger charge is 2.40. The van der Waals surface area contributed by atoms with Crippen LogP contribution in [0, 0.1) is 5.92 Å². The maximum Gasteiger partial charge on any atom is 0.341 e. The Bertz CT molecular complexity index is 281. The molecule has 1 saturated heterocycles. The second-order valence-corrected chi connectivity index (χ2v) is 4.07. The standard InChI is InChI=1S/C9H14N2O4/c12-8(13)5-15-10-9(14)11-4-6-1-2-7(11)3-6/h6-7H,1-5H2,(H,10,14)(H,12,13). The van der Waals surface area contributed by atoms with Crippen molar-refractivity contribution in [3.8, 4) is 0 Å². The summed E-state index contributed by atoms with van der Waals surface area (Å²) >= 11 is 0. The number of piperidine rings is 1. The number of carboxylic acid groups (broad SMARTS) is 1. The van der Waals surface area contributed by atoms with Crippen molar-refractivity contribution in [2.45, 2.75) is 25.3 Å². The Morgan fingerprint density at radius 3 is 2.80 bits per heavy atom. The molecule has 2 rings (SSSR count). The second kappa shape index (κ2) is 4.06. The number of aliphatic carboxylic acids is 1. The lowest BCUT2D eigenvalue weighted by Gasteiger charge is -2.26. The van der Waals surface area contributed by atoms with Crippen LogP contribution in [0.25, 0.3) is 0 Å². The highest BCUT2D eigenvalue weighted by atomic mass is 16.7. The van der Waals surface area contributed by atoms with Gasteiger partial charge in [0.25, 0.3) is 0 Å². The molecule has 2 amide bonds. The number of fused-ring (bicyclic) bond motifs is 2. The number of rotatable bonds is 3. The summed E-state index contributed by atoms with van der Waals surface area (Å²) in [5.41, 5.74) is 2.15. The normalized spacial score (nSPS) is 28.1. The number of amides is 2. The summed E-state index contributed by atoms with van der Waals surface area (Å²) in [6, 6.07) is 0.00637. The first kappa shape index (κ1) is 10.2. The first-order valence-electron chi connectivity index (χ1n) is 5.07. The number of nitrogens with one attached hydrogen (secondary N) is 1. The maximum absolute atomic E-state index is 11.5. The fraction of sp³-hybridized carbons (Fsp3) is 0.778. The third-order valence-corrected chi connectivity index (χ3v) is 3.03. The molecule has 1 aliphatic carbocycles. The van der Waals surface area contributed by atoms with Crippen LogP contribution in [0.3, 0.4) is 0 Å². The summed E-state index contributed by atoms with van der Waals surface area (Å²) in [6.07, 6.45) is 3.33. The van der Waals surface area contributed by atoms with Gasteiger partial charge in [0, 0.05) is 12.6 Å². The summed E-state index contributed by atoms with van der Waals surface area (Å²) in [4.78, 5) is 27.9. The molecule has 0 aromatic heterocycles. The number of likely N-dealkylation sites (tertiary alicyclic amines) is 1. The summed E-state index contributed by atoms with van der Waals surface area (Å²) < 4.78 is 0. The molecule has 2 aliphatic rings. The van der Waals surface area contributed by atoms with Gasteiger partial charge >= 0.3 is 12.0 Å². The number of hydroxylamine groups is 1. The largest absolute Gasteiger partial charge is 0.479 e. The molecule has 0 spiro atoms. The van der Waals surface area contributed by atoms with Crippen LogP contribution >= 0.6 is 0 Å². The Labute approximate surface area is 87.1 Å². The predicted molar refractivity (Wildman–Crippen MR) is 50.0 cm³/mol. The lowest BCUT2D eigenvalue weighted by molar-refractivity contribution is -0.144. The fourth-order valence-electron chi connectivity index (χ4n) is 2.39. The number of carboxylic acids is 1. The van der Waals surface area contributed by atoms with Crippen LogP contribution in [-0.2, 0) is 9.63 Å². The SMILES string of the molecule is O=C(O)CONC(=O)N1CC2CCC1C2. The van der Waals surface area contributed by atoms with Crippen molar-refractivity contribution in [3.63, 3.8) is 0 Å². The van der Waals surface area contributed by atoms with Gasteiger partial charge < -0.3 is 10.0 Å². The minimum Gasteiger partial charge on any atom is -0.479 e. The van der Waals surface area contributed by atoms with Crippen LogP contribution in [0.5, 0.6) is 0 Å². The van der Waals surface area contributed by atoms with Gasteiger partial charge in [-0.25, -0.2) is 15.1 Å². The molecule has 1 saturated carbocycles. The Balaban J connectivity index is 1.74. The maximum atomic E-state index is 11.5. The van der Waals surface area contributed by atoms with Crippen LogP contribution < -0.4 is 5.48 Å². The van der Waals surface area contributed by atoms with E-state index in [1.807, 2.05) is 0 Å². The Morgan fingerprint density at radius 1 is 1.47 bits per heavy atom. The molecule has 2 bridgehead atoms. The molecule has 6 heteroatoms. The van der Waals surface area contributed by atoms with E-state index in [9.17, 15) is 9.59 Å². The average Bonchev–Trinajstić information content (AvgIpc) is 2.77. The molecule has 6 nitrogen and oxygen atoms in total. The Kier molecular flexibility index (Phi) is 2.77. The van der Waals surface area contributed by atoms with Crippen LogP contribution in [-0.4, -0.2) is 41.2 Å². The number of urea groups is 1. The van der Waals surface area contributed by atoms with Crippen LogP contribution in [0.4, 0.5) is 4.79 Å². The topological polar surface area (TPSA) is 78.9 Å². The number of carbonyl (C=O) groups excluding carboxylic acids is 1. The second-order valence-electron chi connectivity index (χ2n) is 4.07. The zero-order chi connectivity index (χ0) is 10.8. The smallest absolute Gasteiger partial charge is 0.341 e. The van der Waals surface area contributed by atoms with Crippen molar-refractivity contribution in [3.05, 3.63) is 0 Å². The van der Waals surface area contributed by atoms with Gasteiger partial charge in [-0.1, -0.05) is 0 Å². The summed E-state index contributed by atoms with van der Waals surface area (Å²) in [5, 5.41) is 8.31. The molecule has 2 unspecified atom stereocenters. The quantitative estimate of drug-likeness (QED) is 0.657. The third-order valence-electron chi connectivity index (χ3n) is 3.03. The molecular weight excluding hydrogens is 200 g/mol. The van der Waals surface area contributed by atoms with E-state index < -0.39 is 12.6 Å². The highest BCUT2D eigenvalue weighted by Crippen LogP contribution is 2.37. The molecule has 0 aromatic rings. The van der Waals surface area contributed by atoms with Crippen LogP contribution in [0.1, 0.15) is 19.3 Å². The molecule has 0 aromatic carbocycles. The summed E-state index contributed by atoms with van der Waals surface area (Å²) in [5.74, 6) is -0.474. The van der Waals surface area contributed by atoms with Gasteiger partial charge in [0.1, 0.15) is 0 Å². The van der Waals surface area contributed by atoms with E-state index in [0.29, 0.717) is 12.0 Å². The van der Waals surface area contributed by atoms with E-state index in [2.05, 4.69) is 10.3 Å². The van der Waals surface area contributed by atoms with Gasteiger partial charge in [0.05, 0.1) is 0 Å². The van der Waals surface area contributed by atoms with Gasteiger partial charge in [-0.15, -0.1) is 0 Å². The molecule has 84 valence electrons. The number of carbonyl (C=O) groups is 2. The molecule has 1 heterocycles.